The van der Waals surface area contributed by atoms with Crippen molar-refractivity contribution in [1.82, 2.24) is 4.90 Å². The summed E-state index contributed by atoms with van der Waals surface area (Å²) in [5, 5.41) is 1.82. The van der Waals surface area contributed by atoms with Crippen molar-refractivity contribution in [2.45, 2.75) is 18.1 Å². The zero-order valence-corrected chi connectivity index (χ0v) is 15.4. The molecule has 0 aromatic carbocycles. The van der Waals surface area contributed by atoms with Gasteiger partial charge in [0.25, 0.3) is 0 Å². The van der Waals surface area contributed by atoms with Crippen LogP contribution in [0.3, 0.4) is 0 Å². The van der Waals surface area contributed by atoms with Crippen LogP contribution >= 0.6 is 23.1 Å². The van der Waals surface area contributed by atoms with Crippen LogP contribution in [0.5, 0.6) is 0 Å². The molecule has 0 radical (unpaired) electrons. The Bertz CT molecular complexity index is 813. The number of carbonyl (C=O) groups excluding carboxylic acids is 3. The van der Waals surface area contributed by atoms with E-state index in [0.29, 0.717) is 5.03 Å². The predicted octanol–water partition coefficient (Wildman–Crippen LogP) is 1.54. The third-order valence-electron chi connectivity index (χ3n) is 4.02. The highest BCUT2D eigenvalue weighted by molar-refractivity contribution is 8.04. The van der Waals surface area contributed by atoms with Gasteiger partial charge in [-0.2, -0.15) is 0 Å². The highest BCUT2D eigenvalue weighted by Crippen LogP contribution is 2.50. The zero-order chi connectivity index (χ0) is 18.3. The SMILES string of the molecule is COC(=O)C1=C(N)N2C(=O)[C@@H](C)SC2=C(C(=O)OC)[C@H]1c1cccs1. The Hall–Kier alpha value is -2.26. The summed E-state index contributed by atoms with van der Waals surface area (Å²) in [5.74, 6) is -2.33. The van der Waals surface area contributed by atoms with E-state index in [0.717, 1.165) is 4.88 Å². The van der Waals surface area contributed by atoms with Gasteiger partial charge in [-0.1, -0.05) is 17.8 Å². The number of nitrogens with two attached hydrogens (primary N) is 1. The Morgan fingerprint density at radius 2 is 1.84 bits per heavy atom. The number of rotatable bonds is 3. The number of esters is 2. The van der Waals surface area contributed by atoms with Gasteiger partial charge in [0.1, 0.15) is 5.82 Å². The first kappa shape index (κ1) is 17.6. The van der Waals surface area contributed by atoms with Gasteiger partial charge in [-0.15, -0.1) is 11.3 Å². The van der Waals surface area contributed by atoms with Crippen molar-refractivity contribution in [3.05, 3.63) is 44.4 Å². The molecule has 2 aliphatic rings. The lowest BCUT2D eigenvalue weighted by molar-refractivity contribution is -0.137. The molecule has 7 nitrogen and oxygen atoms in total. The van der Waals surface area contributed by atoms with Crippen LogP contribution < -0.4 is 5.73 Å². The number of hydrogen-bond donors (Lipinski definition) is 1. The van der Waals surface area contributed by atoms with Crippen LogP contribution in [0.4, 0.5) is 0 Å². The summed E-state index contributed by atoms with van der Waals surface area (Å²) in [7, 11) is 2.49. The molecule has 1 saturated heterocycles. The number of thioether (sulfide) groups is 1. The van der Waals surface area contributed by atoms with Crippen LogP contribution in [0.25, 0.3) is 0 Å². The first-order valence-electron chi connectivity index (χ1n) is 7.36. The number of hydrogen-bond acceptors (Lipinski definition) is 8. The summed E-state index contributed by atoms with van der Waals surface area (Å²) < 4.78 is 9.80. The van der Waals surface area contributed by atoms with Crippen molar-refractivity contribution < 1.29 is 23.9 Å². The molecule has 132 valence electrons. The second-order valence-electron chi connectivity index (χ2n) is 5.38. The standard InChI is InChI=1S/C16H16N2O5S2/c1-7-13(19)18-12(17)10(15(20)22-2)9(8-5-4-6-24-8)11(14(18)25-7)16(21)23-3/h4-7,9H,17H2,1-3H3/t7-,9+/m1/s1. The summed E-state index contributed by atoms with van der Waals surface area (Å²) in [4.78, 5) is 39.5. The topological polar surface area (TPSA) is 98.9 Å². The minimum atomic E-state index is -0.739. The molecule has 2 N–H and O–H groups in total. The van der Waals surface area contributed by atoms with Crippen molar-refractivity contribution in [1.29, 1.82) is 0 Å². The normalized spacial score (nSPS) is 23.0. The highest BCUT2D eigenvalue weighted by Gasteiger charge is 2.49. The maximum atomic E-state index is 12.5. The van der Waals surface area contributed by atoms with Crippen molar-refractivity contribution in [2.24, 2.45) is 5.73 Å². The summed E-state index contributed by atoms with van der Waals surface area (Å²) in [5.41, 5.74) is 6.47. The smallest absolute Gasteiger partial charge is 0.338 e. The minimum Gasteiger partial charge on any atom is -0.466 e. The Balaban J connectivity index is 2.31. The quantitative estimate of drug-likeness (QED) is 0.794. The molecule has 3 heterocycles. The van der Waals surface area contributed by atoms with Crippen LogP contribution in [-0.2, 0) is 23.9 Å². The van der Waals surface area contributed by atoms with E-state index in [4.69, 9.17) is 15.2 Å². The van der Waals surface area contributed by atoms with E-state index < -0.39 is 23.1 Å². The average molecular weight is 380 g/mol. The molecule has 1 aromatic heterocycles. The van der Waals surface area contributed by atoms with Crippen LogP contribution in [0.15, 0.2) is 39.5 Å². The Kier molecular flexibility index (Phi) is 4.61. The minimum absolute atomic E-state index is 0.00486. The van der Waals surface area contributed by atoms with Gasteiger partial charge >= 0.3 is 11.9 Å². The lowest BCUT2D eigenvalue weighted by Crippen LogP contribution is -2.39. The number of carbonyl (C=O) groups is 3. The summed E-state index contributed by atoms with van der Waals surface area (Å²) in [6, 6.07) is 3.61. The number of thiophene rings is 1. The molecule has 0 unspecified atom stereocenters. The Morgan fingerprint density at radius 3 is 2.40 bits per heavy atom. The van der Waals surface area contributed by atoms with Gasteiger partial charge in [-0.3, -0.25) is 9.69 Å². The van der Waals surface area contributed by atoms with Gasteiger partial charge in [0, 0.05) is 4.88 Å². The molecular weight excluding hydrogens is 364 g/mol. The Labute approximate surface area is 152 Å². The molecule has 3 rings (SSSR count). The van der Waals surface area contributed by atoms with E-state index in [9.17, 15) is 14.4 Å². The molecule has 9 heteroatoms. The predicted molar refractivity (Wildman–Crippen MR) is 93.2 cm³/mol. The van der Waals surface area contributed by atoms with Crippen molar-refractivity contribution in [2.75, 3.05) is 14.2 Å². The molecule has 2 atom stereocenters. The molecule has 1 amide bonds. The number of methoxy groups -OCH3 is 2. The van der Waals surface area contributed by atoms with Gasteiger partial charge in [-0.05, 0) is 18.4 Å². The largest absolute Gasteiger partial charge is 0.466 e. The summed E-state index contributed by atoms with van der Waals surface area (Å²) in [6.07, 6.45) is 0. The first-order chi connectivity index (χ1) is 11.9. The van der Waals surface area contributed by atoms with Gasteiger partial charge < -0.3 is 15.2 Å². The van der Waals surface area contributed by atoms with E-state index in [1.165, 1.54) is 42.2 Å². The number of nitrogens with zero attached hydrogens (tertiary/aromatic N) is 1. The van der Waals surface area contributed by atoms with Crippen LogP contribution in [0.1, 0.15) is 17.7 Å². The van der Waals surface area contributed by atoms with Crippen LogP contribution in [-0.4, -0.2) is 42.2 Å². The fraction of sp³-hybridized carbons (Fsp3) is 0.312. The fourth-order valence-corrected chi connectivity index (χ4v) is 4.89. The van der Waals surface area contributed by atoms with E-state index in [1.807, 2.05) is 11.4 Å². The lowest BCUT2D eigenvalue weighted by Gasteiger charge is -2.32. The Morgan fingerprint density at radius 1 is 1.20 bits per heavy atom. The first-order valence-corrected chi connectivity index (χ1v) is 9.12. The number of fused-ring (bicyclic) bond motifs is 1. The van der Waals surface area contributed by atoms with Gasteiger partial charge in [-0.25, -0.2) is 9.59 Å². The van der Waals surface area contributed by atoms with Gasteiger partial charge in [0.2, 0.25) is 5.91 Å². The monoisotopic (exact) mass is 380 g/mol. The van der Waals surface area contributed by atoms with E-state index in [1.54, 1.807) is 13.0 Å². The molecule has 0 saturated carbocycles. The van der Waals surface area contributed by atoms with E-state index in [-0.39, 0.29) is 22.9 Å². The molecule has 1 fully saturated rings. The molecule has 25 heavy (non-hydrogen) atoms. The molecule has 0 bridgehead atoms. The second-order valence-corrected chi connectivity index (χ2v) is 7.69. The van der Waals surface area contributed by atoms with Crippen LogP contribution in [0, 0.1) is 0 Å². The number of amides is 1. The van der Waals surface area contributed by atoms with Crippen LogP contribution in [0.2, 0.25) is 0 Å². The highest BCUT2D eigenvalue weighted by atomic mass is 32.2. The van der Waals surface area contributed by atoms with E-state index >= 15 is 0 Å². The average Bonchev–Trinajstić information content (AvgIpc) is 3.22. The van der Waals surface area contributed by atoms with Crippen molar-refractivity contribution >= 4 is 40.9 Å². The maximum Gasteiger partial charge on any atom is 0.338 e. The second kappa shape index (κ2) is 6.57. The zero-order valence-electron chi connectivity index (χ0n) is 13.8. The summed E-state index contributed by atoms with van der Waals surface area (Å²) in [6.45, 7) is 1.72. The number of ether oxygens (including phenoxy) is 2. The molecule has 1 aromatic rings. The van der Waals surface area contributed by atoms with Crippen molar-refractivity contribution in [3.8, 4) is 0 Å². The fourth-order valence-electron chi connectivity index (χ4n) is 2.89. The van der Waals surface area contributed by atoms with Gasteiger partial charge in [0.05, 0.1) is 41.6 Å². The lowest BCUT2D eigenvalue weighted by atomic mass is 9.86. The van der Waals surface area contributed by atoms with Crippen molar-refractivity contribution in [3.63, 3.8) is 0 Å². The molecule has 2 aliphatic heterocycles. The maximum absolute atomic E-state index is 12.5. The van der Waals surface area contributed by atoms with E-state index in [2.05, 4.69) is 0 Å². The summed E-state index contributed by atoms with van der Waals surface area (Å²) >= 11 is 2.61. The third kappa shape index (κ3) is 2.63. The van der Waals surface area contributed by atoms with Gasteiger partial charge in [0.15, 0.2) is 0 Å². The molecule has 0 spiro atoms. The molecule has 0 aliphatic carbocycles. The third-order valence-corrected chi connectivity index (χ3v) is 6.14. The molecular formula is C16H16N2O5S2.